The molecule has 0 saturated carbocycles. The maximum absolute atomic E-state index is 13.5. The van der Waals surface area contributed by atoms with Crippen LogP contribution in [0.25, 0.3) is 0 Å². The first-order valence-electron chi connectivity index (χ1n) is 5.83. The van der Waals surface area contributed by atoms with Gasteiger partial charge >= 0.3 is 5.97 Å². The Morgan fingerprint density at radius 3 is 2.95 bits per heavy atom. The van der Waals surface area contributed by atoms with E-state index in [4.69, 9.17) is 5.11 Å². The summed E-state index contributed by atoms with van der Waals surface area (Å²) in [6.07, 6.45) is 3.47. The zero-order valence-corrected chi connectivity index (χ0v) is 10.4. The molecule has 0 fully saturated rings. The first kappa shape index (κ1) is 13.1. The molecule has 0 aliphatic heterocycles. The van der Waals surface area contributed by atoms with Crippen LogP contribution in [0.4, 0.5) is 10.1 Å². The number of rotatable bonds is 5. The van der Waals surface area contributed by atoms with Gasteiger partial charge in [-0.25, -0.2) is 9.18 Å². The first-order valence-corrected chi connectivity index (χ1v) is 5.83. The van der Waals surface area contributed by atoms with E-state index in [0.29, 0.717) is 6.54 Å². The number of aromatic carboxylic acids is 1. The lowest BCUT2D eigenvalue weighted by Gasteiger charge is -2.17. The maximum atomic E-state index is 13.5. The van der Waals surface area contributed by atoms with Gasteiger partial charge in [0.25, 0.3) is 0 Å². The van der Waals surface area contributed by atoms with Crippen LogP contribution in [0.3, 0.4) is 0 Å². The van der Waals surface area contributed by atoms with Gasteiger partial charge in [0.05, 0.1) is 12.2 Å². The Hall–Kier alpha value is -2.37. The monoisotopic (exact) mass is 263 g/mol. The van der Waals surface area contributed by atoms with Crippen LogP contribution in [0.2, 0.25) is 0 Å². The van der Waals surface area contributed by atoms with Crippen LogP contribution in [0.5, 0.6) is 0 Å². The highest BCUT2D eigenvalue weighted by molar-refractivity contribution is 5.94. The normalized spacial score (nSPS) is 12.1. The van der Waals surface area contributed by atoms with Gasteiger partial charge in [0.2, 0.25) is 0 Å². The summed E-state index contributed by atoms with van der Waals surface area (Å²) in [6, 6.07) is 5.88. The minimum absolute atomic E-state index is 0.0835. The van der Waals surface area contributed by atoms with E-state index >= 15 is 0 Å². The lowest BCUT2D eigenvalue weighted by atomic mass is 10.1. The molecule has 19 heavy (non-hydrogen) atoms. The largest absolute Gasteiger partial charge is 0.478 e. The molecule has 5 nitrogen and oxygen atoms in total. The number of anilines is 1. The predicted octanol–water partition coefficient (Wildman–Crippen LogP) is 2.22. The Balaban J connectivity index is 2.14. The van der Waals surface area contributed by atoms with E-state index in [9.17, 15) is 9.18 Å². The van der Waals surface area contributed by atoms with Gasteiger partial charge in [-0.15, -0.1) is 0 Å². The molecule has 100 valence electrons. The van der Waals surface area contributed by atoms with Crippen molar-refractivity contribution in [2.24, 2.45) is 0 Å². The van der Waals surface area contributed by atoms with Gasteiger partial charge in [0, 0.05) is 18.4 Å². The number of hydrogen-bond acceptors (Lipinski definition) is 3. The summed E-state index contributed by atoms with van der Waals surface area (Å²) in [5.74, 6) is -2.03. The second kappa shape index (κ2) is 5.51. The number of aromatic nitrogens is 2. The van der Waals surface area contributed by atoms with Crippen molar-refractivity contribution in [2.45, 2.75) is 19.5 Å². The second-order valence-electron chi connectivity index (χ2n) is 4.24. The zero-order chi connectivity index (χ0) is 13.8. The Labute approximate surface area is 109 Å². The lowest BCUT2D eigenvalue weighted by molar-refractivity contribution is 0.0693. The third-order valence-corrected chi connectivity index (χ3v) is 2.65. The number of carbonyl (C=O) groups is 1. The van der Waals surface area contributed by atoms with Gasteiger partial charge < -0.3 is 10.4 Å². The minimum atomic E-state index is -1.29. The molecule has 0 spiro atoms. The average molecular weight is 263 g/mol. The number of carboxylic acid groups (broad SMARTS) is 1. The number of nitrogens with one attached hydrogen (secondary N) is 1. The molecule has 0 aliphatic rings. The van der Waals surface area contributed by atoms with E-state index in [0.717, 1.165) is 6.07 Å². The molecule has 1 heterocycles. The van der Waals surface area contributed by atoms with Crippen molar-refractivity contribution in [3.63, 3.8) is 0 Å². The molecule has 1 atom stereocenters. The van der Waals surface area contributed by atoms with Crippen LogP contribution < -0.4 is 5.32 Å². The molecule has 1 aromatic carbocycles. The Morgan fingerprint density at radius 2 is 2.32 bits per heavy atom. The molecule has 6 heteroatoms. The van der Waals surface area contributed by atoms with Crippen LogP contribution in [0, 0.1) is 5.82 Å². The van der Waals surface area contributed by atoms with Crippen LogP contribution in [-0.2, 0) is 6.54 Å². The zero-order valence-electron chi connectivity index (χ0n) is 10.4. The van der Waals surface area contributed by atoms with Crippen molar-refractivity contribution in [1.29, 1.82) is 0 Å². The smallest absolute Gasteiger partial charge is 0.340 e. The predicted molar refractivity (Wildman–Crippen MR) is 68.7 cm³/mol. The topological polar surface area (TPSA) is 67.2 Å². The van der Waals surface area contributed by atoms with E-state index in [1.54, 1.807) is 23.0 Å². The van der Waals surface area contributed by atoms with E-state index < -0.39 is 11.8 Å². The fourth-order valence-corrected chi connectivity index (χ4v) is 1.86. The number of carboxylic acids is 1. The summed E-state index contributed by atoms with van der Waals surface area (Å²) in [6.45, 7) is 2.43. The third kappa shape index (κ3) is 3.09. The van der Waals surface area contributed by atoms with Crippen molar-refractivity contribution >= 4 is 11.7 Å². The number of halogens is 1. The summed E-state index contributed by atoms with van der Waals surface area (Å²) in [4.78, 5) is 11.0. The molecule has 2 rings (SSSR count). The van der Waals surface area contributed by atoms with Gasteiger partial charge in [0.1, 0.15) is 11.4 Å². The standard InChI is InChI=1S/C13H14FN3O2/c1-9(8-17-7-3-6-15-17)16-11-5-2-4-10(14)12(11)13(18)19/h2-7,9,16H,8H2,1H3,(H,18,19). The van der Waals surface area contributed by atoms with Crippen molar-refractivity contribution in [3.8, 4) is 0 Å². The second-order valence-corrected chi connectivity index (χ2v) is 4.24. The lowest BCUT2D eigenvalue weighted by Crippen LogP contribution is -2.23. The molecule has 0 aliphatic carbocycles. The van der Waals surface area contributed by atoms with Gasteiger partial charge in [-0.3, -0.25) is 4.68 Å². The molecule has 0 amide bonds. The molecule has 0 bridgehead atoms. The van der Waals surface area contributed by atoms with Crippen molar-refractivity contribution in [1.82, 2.24) is 9.78 Å². The molecule has 0 radical (unpaired) electrons. The van der Waals surface area contributed by atoms with E-state index in [2.05, 4.69) is 10.4 Å². The minimum Gasteiger partial charge on any atom is -0.478 e. The van der Waals surface area contributed by atoms with Gasteiger partial charge in [-0.05, 0) is 25.1 Å². The Bertz CT molecular complexity index is 569. The fraction of sp³-hybridized carbons (Fsp3) is 0.231. The van der Waals surface area contributed by atoms with E-state index in [-0.39, 0.29) is 17.3 Å². The fourth-order valence-electron chi connectivity index (χ4n) is 1.86. The molecule has 2 N–H and O–H groups in total. The van der Waals surface area contributed by atoms with E-state index in [1.807, 2.05) is 13.1 Å². The van der Waals surface area contributed by atoms with Gasteiger partial charge in [-0.1, -0.05) is 6.07 Å². The summed E-state index contributed by atoms with van der Waals surface area (Å²) < 4.78 is 15.2. The molecule has 1 unspecified atom stereocenters. The van der Waals surface area contributed by atoms with Crippen molar-refractivity contribution < 1.29 is 14.3 Å². The van der Waals surface area contributed by atoms with Gasteiger partial charge in [-0.2, -0.15) is 5.10 Å². The molecular weight excluding hydrogens is 249 g/mol. The number of benzene rings is 1. The quantitative estimate of drug-likeness (QED) is 0.868. The summed E-state index contributed by atoms with van der Waals surface area (Å²) >= 11 is 0. The summed E-state index contributed by atoms with van der Waals surface area (Å²) in [5.41, 5.74) is -0.0676. The first-order chi connectivity index (χ1) is 9.08. The molecule has 2 aromatic rings. The third-order valence-electron chi connectivity index (χ3n) is 2.65. The van der Waals surface area contributed by atoms with Crippen LogP contribution in [-0.4, -0.2) is 26.9 Å². The number of nitrogens with zero attached hydrogens (tertiary/aromatic N) is 2. The van der Waals surface area contributed by atoms with Crippen molar-refractivity contribution in [2.75, 3.05) is 5.32 Å². The SMILES string of the molecule is CC(Cn1cccn1)Nc1cccc(F)c1C(=O)O. The number of hydrogen-bond donors (Lipinski definition) is 2. The summed E-state index contributed by atoms with van der Waals surface area (Å²) in [5, 5.41) is 16.1. The highest BCUT2D eigenvalue weighted by atomic mass is 19.1. The Kier molecular flexibility index (Phi) is 3.79. The molecule has 1 aromatic heterocycles. The van der Waals surface area contributed by atoms with Crippen LogP contribution in [0.1, 0.15) is 17.3 Å². The Morgan fingerprint density at radius 1 is 1.53 bits per heavy atom. The highest BCUT2D eigenvalue weighted by Crippen LogP contribution is 2.20. The summed E-state index contributed by atoms with van der Waals surface area (Å²) in [7, 11) is 0. The molecule has 0 saturated heterocycles. The maximum Gasteiger partial charge on any atom is 0.340 e. The van der Waals surface area contributed by atoms with Gasteiger partial charge in [0.15, 0.2) is 0 Å². The highest BCUT2D eigenvalue weighted by Gasteiger charge is 2.16. The average Bonchev–Trinajstić information content (AvgIpc) is 2.81. The van der Waals surface area contributed by atoms with E-state index in [1.165, 1.54) is 6.07 Å². The molecular formula is C13H14FN3O2. The van der Waals surface area contributed by atoms with Crippen LogP contribution in [0.15, 0.2) is 36.7 Å². The van der Waals surface area contributed by atoms with Crippen LogP contribution >= 0.6 is 0 Å². The van der Waals surface area contributed by atoms with Crippen molar-refractivity contribution in [3.05, 3.63) is 48.0 Å².